The van der Waals surface area contributed by atoms with E-state index in [-0.39, 0.29) is 17.8 Å². The number of nitrogens with one attached hydrogen (secondary N) is 1. The van der Waals surface area contributed by atoms with Gasteiger partial charge in [0, 0.05) is 17.8 Å². The maximum Gasteiger partial charge on any atom is 0.234 e. The van der Waals surface area contributed by atoms with Gasteiger partial charge in [0.05, 0.1) is 5.75 Å². The lowest BCUT2D eigenvalue weighted by Crippen LogP contribution is -2.15. The summed E-state index contributed by atoms with van der Waals surface area (Å²) in [6, 6.07) is 13.2. The number of aryl methyl sites for hydroxylation is 2. The Kier molecular flexibility index (Phi) is 6.82. The summed E-state index contributed by atoms with van der Waals surface area (Å²) in [6.45, 7) is 5.83. The fourth-order valence-electron chi connectivity index (χ4n) is 2.80. The number of anilines is 1. The smallest absolute Gasteiger partial charge is 0.234 e. The van der Waals surface area contributed by atoms with Crippen molar-refractivity contribution >= 4 is 35.0 Å². The first-order valence-electron chi connectivity index (χ1n) is 9.15. The molecule has 0 aliphatic carbocycles. The van der Waals surface area contributed by atoms with E-state index in [2.05, 4.69) is 15.5 Å². The Morgan fingerprint density at radius 3 is 2.76 bits per heavy atom. The third-order valence-electron chi connectivity index (χ3n) is 4.31. The highest BCUT2D eigenvalue weighted by atomic mass is 35.5. The van der Waals surface area contributed by atoms with Crippen molar-refractivity contribution in [2.45, 2.75) is 32.0 Å². The van der Waals surface area contributed by atoms with Gasteiger partial charge in [-0.15, -0.1) is 10.2 Å². The summed E-state index contributed by atoms with van der Waals surface area (Å²) in [5.74, 6) is 1.55. The van der Waals surface area contributed by atoms with Crippen molar-refractivity contribution in [3.63, 3.8) is 0 Å². The van der Waals surface area contributed by atoms with Crippen molar-refractivity contribution in [2.75, 3.05) is 11.1 Å². The molecule has 152 valence electrons. The molecule has 29 heavy (non-hydrogen) atoms. The van der Waals surface area contributed by atoms with Crippen LogP contribution in [-0.2, 0) is 11.8 Å². The molecule has 3 aromatic rings. The normalized spacial score (nSPS) is 11.9. The van der Waals surface area contributed by atoms with E-state index < -0.39 is 0 Å². The minimum Gasteiger partial charge on any atom is -0.483 e. The highest BCUT2D eigenvalue weighted by Gasteiger charge is 2.18. The molecule has 8 heteroatoms. The number of aromatic nitrogens is 3. The number of halogens is 1. The lowest BCUT2D eigenvalue weighted by Gasteiger charge is -2.15. The zero-order chi connectivity index (χ0) is 21.0. The van der Waals surface area contributed by atoms with Crippen molar-refractivity contribution in [2.24, 2.45) is 7.05 Å². The fourth-order valence-corrected chi connectivity index (χ4v) is 3.64. The minimum atomic E-state index is -0.302. The van der Waals surface area contributed by atoms with Crippen molar-refractivity contribution in [1.29, 1.82) is 0 Å². The molecule has 1 atom stereocenters. The highest BCUT2D eigenvalue weighted by Crippen LogP contribution is 2.26. The molecule has 1 amide bonds. The highest BCUT2D eigenvalue weighted by molar-refractivity contribution is 7.99. The summed E-state index contributed by atoms with van der Waals surface area (Å²) < 4.78 is 7.82. The summed E-state index contributed by atoms with van der Waals surface area (Å²) in [7, 11) is 1.86. The van der Waals surface area contributed by atoms with Gasteiger partial charge in [-0.1, -0.05) is 35.5 Å². The van der Waals surface area contributed by atoms with Crippen molar-refractivity contribution < 1.29 is 9.53 Å². The van der Waals surface area contributed by atoms with Crippen LogP contribution in [0.2, 0.25) is 5.02 Å². The molecule has 0 fully saturated rings. The van der Waals surface area contributed by atoms with E-state index in [1.807, 2.05) is 74.9 Å². The molecule has 3 rings (SSSR count). The van der Waals surface area contributed by atoms with Crippen LogP contribution in [0.5, 0.6) is 5.75 Å². The number of nitrogens with zero attached hydrogens (tertiary/aromatic N) is 3. The second-order valence-corrected chi connectivity index (χ2v) is 8.13. The monoisotopic (exact) mass is 430 g/mol. The molecule has 0 aliphatic heterocycles. The molecule has 1 aromatic heterocycles. The average Bonchev–Trinajstić information content (AvgIpc) is 3.04. The van der Waals surface area contributed by atoms with E-state index >= 15 is 0 Å². The second kappa shape index (κ2) is 9.33. The topological polar surface area (TPSA) is 69.0 Å². The molecule has 6 nitrogen and oxygen atoms in total. The van der Waals surface area contributed by atoms with Crippen LogP contribution in [0.4, 0.5) is 5.69 Å². The van der Waals surface area contributed by atoms with Crippen LogP contribution in [-0.4, -0.2) is 26.4 Å². The maximum absolute atomic E-state index is 12.2. The molecule has 0 aliphatic rings. The molecular formula is C21H23ClN4O2S. The lowest BCUT2D eigenvalue weighted by atomic mass is 10.2. The molecule has 1 heterocycles. The van der Waals surface area contributed by atoms with Gasteiger partial charge in [0.25, 0.3) is 0 Å². The van der Waals surface area contributed by atoms with Gasteiger partial charge >= 0.3 is 0 Å². The fraction of sp³-hybridized carbons (Fsp3) is 0.286. The third-order valence-corrected chi connectivity index (χ3v) is 5.75. The van der Waals surface area contributed by atoms with E-state index in [0.29, 0.717) is 21.8 Å². The number of amides is 1. The first-order valence-corrected chi connectivity index (χ1v) is 10.5. The Hall–Kier alpha value is -2.51. The Bertz CT molecular complexity index is 1020. The van der Waals surface area contributed by atoms with Gasteiger partial charge in [0.2, 0.25) is 5.91 Å². The van der Waals surface area contributed by atoms with Crippen LogP contribution >= 0.6 is 23.4 Å². The third kappa shape index (κ3) is 5.52. The van der Waals surface area contributed by atoms with Crippen molar-refractivity contribution in [3.8, 4) is 5.75 Å². The number of carbonyl (C=O) groups excluding carboxylic acids is 1. The van der Waals surface area contributed by atoms with Crippen LogP contribution in [0.1, 0.15) is 30.0 Å². The quantitative estimate of drug-likeness (QED) is 0.536. The van der Waals surface area contributed by atoms with E-state index in [1.165, 1.54) is 11.8 Å². The SMILES string of the molecule is Cc1cccc(NC(=O)CSc2nnc(C(C)Oc3ccc(Cl)c(C)c3)n2C)c1. The largest absolute Gasteiger partial charge is 0.483 e. The lowest BCUT2D eigenvalue weighted by molar-refractivity contribution is -0.113. The Morgan fingerprint density at radius 1 is 1.24 bits per heavy atom. The van der Waals surface area contributed by atoms with Crippen molar-refractivity contribution in [1.82, 2.24) is 14.8 Å². The summed E-state index contributed by atoms with van der Waals surface area (Å²) in [4.78, 5) is 12.2. The number of hydrogen-bond donors (Lipinski definition) is 1. The molecule has 1 unspecified atom stereocenters. The molecule has 2 aromatic carbocycles. The predicted molar refractivity (Wildman–Crippen MR) is 117 cm³/mol. The van der Waals surface area contributed by atoms with E-state index in [4.69, 9.17) is 16.3 Å². The van der Waals surface area contributed by atoms with E-state index in [9.17, 15) is 4.79 Å². The van der Waals surface area contributed by atoms with Gasteiger partial charge in [-0.3, -0.25) is 4.79 Å². The number of benzene rings is 2. The van der Waals surface area contributed by atoms with Crippen molar-refractivity contribution in [3.05, 3.63) is 64.4 Å². The number of ether oxygens (including phenoxy) is 1. The molecule has 0 bridgehead atoms. The molecule has 0 radical (unpaired) electrons. The Morgan fingerprint density at radius 2 is 2.03 bits per heavy atom. The zero-order valence-electron chi connectivity index (χ0n) is 16.8. The minimum absolute atomic E-state index is 0.0916. The van der Waals surface area contributed by atoms with Crippen LogP contribution in [0, 0.1) is 13.8 Å². The standard InChI is InChI=1S/C21H23ClN4O2S/c1-13-6-5-7-16(10-13)23-19(27)12-29-21-25-24-20(26(21)4)15(3)28-17-8-9-18(22)14(2)11-17/h5-11,15H,12H2,1-4H3,(H,23,27). The Labute approximate surface area is 179 Å². The number of rotatable bonds is 7. The molecule has 1 N–H and O–H groups in total. The molecule has 0 saturated carbocycles. The average molecular weight is 431 g/mol. The Balaban J connectivity index is 1.59. The van der Waals surface area contributed by atoms with Gasteiger partial charge in [0.1, 0.15) is 5.75 Å². The van der Waals surface area contributed by atoms with E-state index in [0.717, 1.165) is 16.8 Å². The van der Waals surface area contributed by atoms with Gasteiger partial charge < -0.3 is 14.6 Å². The number of thioether (sulfide) groups is 1. The van der Waals surface area contributed by atoms with Crippen LogP contribution < -0.4 is 10.1 Å². The summed E-state index contributed by atoms with van der Waals surface area (Å²) in [5, 5.41) is 12.7. The van der Waals surface area contributed by atoms with Crippen LogP contribution in [0.25, 0.3) is 0 Å². The molecule has 0 spiro atoms. The van der Waals surface area contributed by atoms with Gasteiger partial charge in [-0.2, -0.15) is 0 Å². The van der Waals surface area contributed by atoms with Crippen LogP contribution in [0.3, 0.4) is 0 Å². The molecule has 0 saturated heterocycles. The first kappa shape index (κ1) is 21.2. The predicted octanol–water partition coefficient (Wildman–Crippen LogP) is 4.96. The second-order valence-electron chi connectivity index (χ2n) is 6.78. The zero-order valence-corrected chi connectivity index (χ0v) is 18.3. The number of hydrogen-bond acceptors (Lipinski definition) is 5. The summed E-state index contributed by atoms with van der Waals surface area (Å²) in [6.07, 6.45) is -0.302. The van der Waals surface area contributed by atoms with Gasteiger partial charge in [-0.05, 0) is 62.2 Å². The molecular weight excluding hydrogens is 408 g/mol. The van der Waals surface area contributed by atoms with E-state index in [1.54, 1.807) is 0 Å². The van der Waals surface area contributed by atoms with Crippen LogP contribution in [0.15, 0.2) is 47.6 Å². The maximum atomic E-state index is 12.2. The summed E-state index contributed by atoms with van der Waals surface area (Å²) in [5.41, 5.74) is 2.83. The van der Waals surface area contributed by atoms with Gasteiger partial charge in [0.15, 0.2) is 17.1 Å². The first-order chi connectivity index (χ1) is 13.8. The number of carbonyl (C=O) groups is 1. The summed E-state index contributed by atoms with van der Waals surface area (Å²) >= 11 is 7.40. The van der Waals surface area contributed by atoms with Gasteiger partial charge in [-0.25, -0.2) is 0 Å².